The Hall–Kier alpha value is -4.21. The van der Waals surface area contributed by atoms with E-state index in [9.17, 15) is 13.2 Å². The molecule has 0 spiro atoms. The Morgan fingerprint density at radius 1 is 0.909 bits per heavy atom. The Morgan fingerprint density at radius 2 is 1.58 bits per heavy atom. The average Bonchev–Trinajstić information content (AvgIpc) is 3.20. The first-order valence-corrected chi connectivity index (χ1v) is 9.85. The predicted molar refractivity (Wildman–Crippen MR) is 119 cm³/mol. The molecule has 0 aliphatic carbocycles. The highest BCUT2D eigenvalue weighted by atomic mass is 19.4. The summed E-state index contributed by atoms with van der Waals surface area (Å²) in [5.74, 6) is 1.46. The van der Waals surface area contributed by atoms with Crippen LogP contribution in [0.2, 0.25) is 0 Å². The van der Waals surface area contributed by atoms with E-state index >= 15 is 0 Å². The Labute approximate surface area is 187 Å². The van der Waals surface area contributed by atoms with Crippen LogP contribution in [0, 0.1) is 6.92 Å². The van der Waals surface area contributed by atoms with Crippen LogP contribution in [-0.2, 0) is 0 Å². The summed E-state index contributed by atoms with van der Waals surface area (Å²) in [5, 5.41) is 6.28. The molecule has 0 radical (unpaired) electrons. The van der Waals surface area contributed by atoms with Crippen LogP contribution in [0.4, 0.5) is 36.2 Å². The lowest BCUT2D eigenvalue weighted by molar-refractivity contribution is -0.274. The molecule has 4 rings (SSSR count). The maximum atomic E-state index is 12.3. The van der Waals surface area contributed by atoms with Crippen molar-refractivity contribution in [1.29, 1.82) is 0 Å². The van der Waals surface area contributed by atoms with Crippen molar-refractivity contribution in [2.24, 2.45) is 0 Å². The number of halogens is 3. The van der Waals surface area contributed by atoms with Gasteiger partial charge in [-0.3, -0.25) is 0 Å². The molecular formula is C23H20F3N5O2. The molecule has 0 saturated carbocycles. The number of ether oxygens (including phenoxy) is 2. The Bertz CT molecular complexity index is 1240. The van der Waals surface area contributed by atoms with Crippen molar-refractivity contribution < 1.29 is 22.6 Å². The van der Waals surface area contributed by atoms with Crippen LogP contribution in [-0.4, -0.2) is 28.0 Å². The van der Waals surface area contributed by atoms with Crippen molar-refractivity contribution in [2.75, 3.05) is 17.7 Å². The van der Waals surface area contributed by atoms with Gasteiger partial charge in [-0.2, -0.15) is 0 Å². The van der Waals surface area contributed by atoms with Gasteiger partial charge in [-0.1, -0.05) is 6.07 Å². The van der Waals surface area contributed by atoms with Crippen molar-refractivity contribution >= 4 is 23.0 Å². The van der Waals surface area contributed by atoms with Gasteiger partial charge < -0.3 is 24.7 Å². The highest BCUT2D eigenvalue weighted by Gasteiger charge is 2.30. The Kier molecular flexibility index (Phi) is 6.07. The second-order valence-electron chi connectivity index (χ2n) is 7.04. The standard InChI is InChI=1S/C23H20F3N5O2/c1-15-13-31(14-27-15)19-11-8-17(12-20(19)32-2)29-22-5-3-4-21(30-22)28-16-6-9-18(10-7-16)33-23(24,25)26/h3-14H,1-2H3,(H2,28,29,30). The SMILES string of the molecule is COc1cc(Nc2cccc(Nc3ccc(OC(F)(F)F)cc3)n2)ccc1-n1cnc(C)c1. The molecule has 4 aromatic rings. The first kappa shape index (κ1) is 22.0. The van der Waals surface area contributed by atoms with Gasteiger partial charge in [0.25, 0.3) is 0 Å². The van der Waals surface area contributed by atoms with Crippen molar-refractivity contribution in [1.82, 2.24) is 14.5 Å². The van der Waals surface area contributed by atoms with E-state index in [0.29, 0.717) is 23.1 Å². The van der Waals surface area contributed by atoms with Crippen LogP contribution in [0.25, 0.3) is 5.69 Å². The number of anilines is 4. The fraction of sp³-hybridized carbons (Fsp3) is 0.130. The molecule has 2 heterocycles. The van der Waals surface area contributed by atoms with E-state index in [2.05, 4.69) is 25.3 Å². The maximum absolute atomic E-state index is 12.3. The summed E-state index contributed by atoms with van der Waals surface area (Å²) >= 11 is 0. The fourth-order valence-corrected chi connectivity index (χ4v) is 3.13. The summed E-state index contributed by atoms with van der Waals surface area (Å²) < 4.78 is 48.2. The molecule has 2 aromatic carbocycles. The van der Waals surface area contributed by atoms with Crippen LogP contribution in [0.3, 0.4) is 0 Å². The Morgan fingerprint density at radius 3 is 2.18 bits per heavy atom. The molecule has 0 fully saturated rings. The summed E-state index contributed by atoms with van der Waals surface area (Å²) in [6.45, 7) is 1.91. The van der Waals surface area contributed by atoms with Crippen LogP contribution < -0.4 is 20.1 Å². The van der Waals surface area contributed by atoms with Crippen molar-refractivity contribution in [3.05, 3.63) is 78.9 Å². The number of nitrogens with zero attached hydrogens (tertiary/aromatic N) is 3. The van der Waals surface area contributed by atoms with Gasteiger partial charge in [-0.25, -0.2) is 9.97 Å². The number of aryl methyl sites for hydroxylation is 1. The number of nitrogens with one attached hydrogen (secondary N) is 2. The van der Waals surface area contributed by atoms with Crippen molar-refractivity contribution in [3.8, 4) is 17.2 Å². The molecular weight excluding hydrogens is 435 g/mol. The summed E-state index contributed by atoms with van der Waals surface area (Å²) in [6.07, 6.45) is -1.10. The molecule has 0 amide bonds. The topological polar surface area (TPSA) is 73.2 Å². The van der Waals surface area contributed by atoms with Gasteiger partial charge in [0.1, 0.15) is 23.1 Å². The zero-order chi connectivity index (χ0) is 23.4. The van der Waals surface area contributed by atoms with E-state index in [-0.39, 0.29) is 5.75 Å². The molecule has 7 nitrogen and oxygen atoms in total. The number of pyridine rings is 1. The fourth-order valence-electron chi connectivity index (χ4n) is 3.13. The molecule has 0 saturated heterocycles. The third-order valence-corrected chi connectivity index (χ3v) is 4.55. The number of benzene rings is 2. The van der Waals surface area contributed by atoms with Crippen LogP contribution in [0.1, 0.15) is 5.69 Å². The zero-order valence-corrected chi connectivity index (χ0v) is 17.7. The maximum Gasteiger partial charge on any atom is 0.573 e. The van der Waals surface area contributed by atoms with E-state index in [1.54, 1.807) is 31.6 Å². The van der Waals surface area contributed by atoms with E-state index in [1.165, 1.54) is 24.3 Å². The molecule has 0 bridgehead atoms. The molecule has 170 valence electrons. The number of rotatable bonds is 7. The quantitative estimate of drug-likeness (QED) is 0.358. The van der Waals surface area contributed by atoms with Gasteiger partial charge in [0.15, 0.2) is 0 Å². The number of hydrogen-bond donors (Lipinski definition) is 2. The third kappa shape index (κ3) is 5.73. The van der Waals surface area contributed by atoms with Gasteiger partial charge in [-0.05, 0) is 55.5 Å². The third-order valence-electron chi connectivity index (χ3n) is 4.55. The lowest BCUT2D eigenvalue weighted by Gasteiger charge is -2.13. The smallest absolute Gasteiger partial charge is 0.494 e. The summed E-state index contributed by atoms with van der Waals surface area (Å²) in [5.41, 5.74) is 3.09. The van der Waals surface area contributed by atoms with Gasteiger partial charge in [0.05, 0.1) is 24.8 Å². The minimum absolute atomic E-state index is 0.292. The number of aromatic nitrogens is 3. The number of methoxy groups -OCH3 is 1. The highest BCUT2D eigenvalue weighted by molar-refractivity contribution is 5.65. The molecule has 0 aliphatic heterocycles. The first-order valence-electron chi connectivity index (χ1n) is 9.85. The molecule has 0 atom stereocenters. The van der Waals surface area contributed by atoms with E-state index in [0.717, 1.165) is 17.1 Å². The van der Waals surface area contributed by atoms with Gasteiger partial charge >= 0.3 is 6.36 Å². The lowest BCUT2D eigenvalue weighted by Crippen LogP contribution is -2.16. The normalized spacial score (nSPS) is 11.2. The lowest BCUT2D eigenvalue weighted by atomic mass is 10.2. The number of imidazole rings is 1. The van der Waals surface area contributed by atoms with Crippen LogP contribution >= 0.6 is 0 Å². The van der Waals surface area contributed by atoms with Crippen LogP contribution in [0.5, 0.6) is 11.5 Å². The molecule has 33 heavy (non-hydrogen) atoms. The van der Waals surface area contributed by atoms with E-state index in [4.69, 9.17) is 4.74 Å². The first-order chi connectivity index (χ1) is 15.8. The van der Waals surface area contributed by atoms with Crippen molar-refractivity contribution in [3.63, 3.8) is 0 Å². The van der Waals surface area contributed by atoms with Crippen LogP contribution in [0.15, 0.2) is 73.2 Å². The number of alkyl halides is 3. The average molecular weight is 455 g/mol. The minimum Gasteiger partial charge on any atom is -0.494 e. The predicted octanol–water partition coefficient (Wildman–Crippen LogP) is 5.97. The molecule has 0 aliphatic rings. The summed E-state index contributed by atoms with van der Waals surface area (Å²) in [4.78, 5) is 8.74. The zero-order valence-electron chi connectivity index (χ0n) is 17.7. The van der Waals surface area contributed by atoms with Gasteiger partial charge in [0, 0.05) is 23.6 Å². The Balaban J connectivity index is 1.47. The second-order valence-corrected chi connectivity index (χ2v) is 7.04. The monoisotopic (exact) mass is 455 g/mol. The molecule has 0 unspecified atom stereocenters. The highest BCUT2D eigenvalue weighted by Crippen LogP contribution is 2.29. The molecule has 10 heteroatoms. The van der Waals surface area contributed by atoms with Gasteiger partial charge in [-0.15, -0.1) is 13.2 Å². The van der Waals surface area contributed by atoms with E-state index < -0.39 is 6.36 Å². The molecule has 2 N–H and O–H groups in total. The number of hydrogen-bond acceptors (Lipinski definition) is 6. The summed E-state index contributed by atoms with van der Waals surface area (Å²) in [7, 11) is 1.60. The van der Waals surface area contributed by atoms with Gasteiger partial charge in [0.2, 0.25) is 0 Å². The largest absolute Gasteiger partial charge is 0.573 e. The minimum atomic E-state index is -4.73. The second kappa shape index (κ2) is 9.11. The molecule has 2 aromatic heterocycles. The summed E-state index contributed by atoms with van der Waals surface area (Å²) in [6, 6.07) is 16.4. The van der Waals surface area contributed by atoms with Crippen molar-refractivity contribution in [2.45, 2.75) is 13.3 Å². The van der Waals surface area contributed by atoms with E-state index in [1.807, 2.05) is 35.9 Å².